The van der Waals surface area contributed by atoms with Crippen molar-refractivity contribution in [3.63, 3.8) is 0 Å². The number of sulfonamides is 1. The van der Waals surface area contributed by atoms with Crippen LogP contribution >= 0.6 is 0 Å². The van der Waals surface area contributed by atoms with E-state index in [1.165, 1.54) is 10.6 Å². The van der Waals surface area contributed by atoms with Crippen molar-refractivity contribution in [3.05, 3.63) is 11.5 Å². The molecule has 0 aromatic carbocycles. The molecule has 126 valence electrons. The maximum absolute atomic E-state index is 11.7. The van der Waals surface area contributed by atoms with Gasteiger partial charge in [-0.3, -0.25) is 4.68 Å². The Kier molecular flexibility index (Phi) is 4.01. The standard InChI is InChI=1S/C14H22N6O2S/c1-5-20-13-12(10(2)17-20)15-11(3)16-14(13)18-6-8-19(9-7-18)23(4,21)22/h5-9H2,1-4H3. The first kappa shape index (κ1) is 16.1. The van der Waals surface area contributed by atoms with Gasteiger partial charge in [-0.2, -0.15) is 9.40 Å². The van der Waals surface area contributed by atoms with Gasteiger partial charge in [0, 0.05) is 32.7 Å². The summed E-state index contributed by atoms with van der Waals surface area (Å²) >= 11 is 0. The summed E-state index contributed by atoms with van der Waals surface area (Å²) in [4.78, 5) is 11.3. The molecule has 0 aliphatic carbocycles. The van der Waals surface area contributed by atoms with Crippen molar-refractivity contribution in [2.24, 2.45) is 0 Å². The molecule has 1 aliphatic heterocycles. The molecule has 2 aromatic rings. The molecular weight excluding hydrogens is 316 g/mol. The highest BCUT2D eigenvalue weighted by atomic mass is 32.2. The second-order valence-electron chi connectivity index (χ2n) is 5.84. The molecular formula is C14H22N6O2S. The van der Waals surface area contributed by atoms with Gasteiger partial charge >= 0.3 is 0 Å². The molecule has 0 bridgehead atoms. The van der Waals surface area contributed by atoms with Gasteiger partial charge in [0.05, 0.1) is 11.9 Å². The van der Waals surface area contributed by atoms with E-state index in [1.54, 1.807) is 0 Å². The van der Waals surface area contributed by atoms with E-state index in [2.05, 4.69) is 20.0 Å². The third kappa shape index (κ3) is 2.90. The fraction of sp³-hybridized carbons (Fsp3) is 0.643. The highest BCUT2D eigenvalue weighted by molar-refractivity contribution is 7.88. The third-order valence-corrected chi connectivity index (χ3v) is 5.46. The average molecular weight is 338 g/mol. The molecule has 0 saturated carbocycles. The zero-order valence-electron chi connectivity index (χ0n) is 13.9. The summed E-state index contributed by atoms with van der Waals surface area (Å²) in [6.45, 7) is 8.79. The van der Waals surface area contributed by atoms with Crippen molar-refractivity contribution in [1.29, 1.82) is 0 Å². The van der Waals surface area contributed by atoms with Crippen molar-refractivity contribution in [2.45, 2.75) is 27.3 Å². The highest BCUT2D eigenvalue weighted by Crippen LogP contribution is 2.27. The first-order valence-electron chi connectivity index (χ1n) is 7.73. The topological polar surface area (TPSA) is 84.2 Å². The minimum Gasteiger partial charge on any atom is -0.352 e. The summed E-state index contributed by atoms with van der Waals surface area (Å²) in [5, 5.41) is 4.54. The summed E-state index contributed by atoms with van der Waals surface area (Å²) in [5.74, 6) is 1.56. The normalized spacial score (nSPS) is 17.1. The predicted molar refractivity (Wildman–Crippen MR) is 89.1 cm³/mol. The van der Waals surface area contributed by atoms with Crippen molar-refractivity contribution in [2.75, 3.05) is 37.3 Å². The van der Waals surface area contributed by atoms with Crippen LogP contribution in [0.3, 0.4) is 0 Å². The Morgan fingerprint density at radius 2 is 1.74 bits per heavy atom. The van der Waals surface area contributed by atoms with Crippen LogP contribution < -0.4 is 4.90 Å². The van der Waals surface area contributed by atoms with E-state index in [0.29, 0.717) is 32.0 Å². The second-order valence-corrected chi connectivity index (χ2v) is 7.82. The van der Waals surface area contributed by atoms with Gasteiger partial charge in [-0.15, -0.1) is 0 Å². The van der Waals surface area contributed by atoms with Crippen LogP contribution in [0.25, 0.3) is 11.0 Å². The lowest BCUT2D eigenvalue weighted by Gasteiger charge is -2.34. The Morgan fingerprint density at radius 3 is 2.30 bits per heavy atom. The molecule has 0 amide bonds. The molecule has 0 spiro atoms. The Morgan fingerprint density at radius 1 is 1.09 bits per heavy atom. The number of rotatable bonds is 3. The molecule has 0 radical (unpaired) electrons. The van der Waals surface area contributed by atoms with Crippen molar-refractivity contribution in [3.8, 4) is 0 Å². The fourth-order valence-electron chi connectivity index (χ4n) is 3.00. The van der Waals surface area contributed by atoms with E-state index in [0.717, 1.165) is 29.1 Å². The largest absolute Gasteiger partial charge is 0.352 e. The van der Waals surface area contributed by atoms with E-state index in [9.17, 15) is 8.42 Å². The van der Waals surface area contributed by atoms with Crippen LogP contribution in [-0.2, 0) is 16.6 Å². The lowest BCUT2D eigenvalue weighted by Crippen LogP contribution is -2.48. The van der Waals surface area contributed by atoms with Crippen molar-refractivity contribution < 1.29 is 8.42 Å². The van der Waals surface area contributed by atoms with Gasteiger partial charge < -0.3 is 4.90 Å². The number of hydrogen-bond donors (Lipinski definition) is 0. The monoisotopic (exact) mass is 338 g/mol. The lowest BCUT2D eigenvalue weighted by molar-refractivity contribution is 0.387. The molecule has 2 aromatic heterocycles. The summed E-state index contributed by atoms with van der Waals surface area (Å²) in [6.07, 6.45) is 1.26. The predicted octanol–water partition coefficient (Wildman–Crippen LogP) is 0.545. The van der Waals surface area contributed by atoms with Crippen LogP contribution in [0.15, 0.2) is 0 Å². The SMILES string of the molecule is CCn1nc(C)c2nc(C)nc(N3CCN(S(C)(=O)=O)CC3)c21. The number of fused-ring (bicyclic) bond motifs is 1. The van der Waals surface area contributed by atoms with Crippen molar-refractivity contribution in [1.82, 2.24) is 24.1 Å². The van der Waals surface area contributed by atoms with Crippen LogP contribution in [0, 0.1) is 13.8 Å². The lowest BCUT2D eigenvalue weighted by atomic mass is 10.3. The van der Waals surface area contributed by atoms with Gasteiger partial charge in [-0.1, -0.05) is 0 Å². The second kappa shape index (κ2) is 5.72. The highest BCUT2D eigenvalue weighted by Gasteiger charge is 2.26. The van der Waals surface area contributed by atoms with Crippen LogP contribution in [0.5, 0.6) is 0 Å². The summed E-state index contributed by atoms with van der Waals surface area (Å²) in [6, 6.07) is 0. The molecule has 0 unspecified atom stereocenters. The maximum atomic E-state index is 11.7. The third-order valence-electron chi connectivity index (χ3n) is 4.16. The van der Waals surface area contributed by atoms with E-state index in [4.69, 9.17) is 0 Å². The Hall–Kier alpha value is -1.74. The summed E-state index contributed by atoms with van der Waals surface area (Å²) in [7, 11) is -3.13. The number of aryl methyl sites for hydroxylation is 3. The van der Waals surface area contributed by atoms with Gasteiger partial charge in [0.1, 0.15) is 16.9 Å². The van der Waals surface area contributed by atoms with Gasteiger partial charge in [-0.25, -0.2) is 18.4 Å². The van der Waals surface area contributed by atoms with E-state index >= 15 is 0 Å². The molecule has 3 heterocycles. The Labute approximate surface area is 136 Å². The minimum absolute atomic E-state index is 0.475. The molecule has 0 atom stereocenters. The van der Waals surface area contributed by atoms with E-state index in [-0.39, 0.29) is 0 Å². The van der Waals surface area contributed by atoms with E-state index < -0.39 is 10.0 Å². The first-order valence-corrected chi connectivity index (χ1v) is 9.58. The van der Waals surface area contributed by atoms with Crippen molar-refractivity contribution >= 4 is 26.9 Å². The Bertz CT molecular complexity index is 837. The molecule has 1 aliphatic rings. The quantitative estimate of drug-likeness (QED) is 0.812. The average Bonchev–Trinajstić information content (AvgIpc) is 2.82. The zero-order chi connectivity index (χ0) is 16.8. The molecule has 1 saturated heterocycles. The molecule has 1 fully saturated rings. The van der Waals surface area contributed by atoms with Crippen LogP contribution in [-0.4, -0.2) is 64.9 Å². The number of anilines is 1. The van der Waals surface area contributed by atoms with Crippen LogP contribution in [0.2, 0.25) is 0 Å². The Balaban J connectivity index is 2.01. The van der Waals surface area contributed by atoms with Crippen LogP contribution in [0.4, 0.5) is 5.82 Å². The fourth-order valence-corrected chi connectivity index (χ4v) is 3.83. The molecule has 9 heteroatoms. The van der Waals surface area contributed by atoms with Gasteiger partial charge in [0.2, 0.25) is 10.0 Å². The molecule has 0 N–H and O–H groups in total. The smallest absolute Gasteiger partial charge is 0.211 e. The summed E-state index contributed by atoms with van der Waals surface area (Å²) < 4.78 is 26.8. The van der Waals surface area contributed by atoms with Gasteiger partial charge in [0.25, 0.3) is 0 Å². The first-order chi connectivity index (χ1) is 10.8. The summed E-state index contributed by atoms with van der Waals surface area (Å²) in [5.41, 5.74) is 2.70. The molecule has 3 rings (SSSR count). The molecule has 8 nitrogen and oxygen atoms in total. The van der Waals surface area contributed by atoms with E-state index in [1.807, 2.05) is 25.5 Å². The van der Waals surface area contributed by atoms with Gasteiger partial charge in [0.15, 0.2) is 5.82 Å². The van der Waals surface area contributed by atoms with Crippen LogP contribution in [0.1, 0.15) is 18.4 Å². The maximum Gasteiger partial charge on any atom is 0.211 e. The number of aromatic nitrogens is 4. The number of hydrogen-bond acceptors (Lipinski definition) is 6. The number of piperazine rings is 1. The zero-order valence-corrected chi connectivity index (χ0v) is 14.8. The minimum atomic E-state index is -3.13. The van der Waals surface area contributed by atoms with Gasteiger partial charge in [-0.05, 0) is 20.8 Å². The number of nitrogens with zero attached hydrogens (tertiary/aromatic N) is 6. The molecule has 23 heavy (non-hydrogen) atoms.